The molecule has 0 spiro atoms. The van der Waals surface area contributed by atoms with Gasteiger partial charge in [-0.05, 0) is 69.1 Å². The molecular weight excluding hydrogens is 460 g/mol. The van der Waals surface area contributed by atoms with Gasteiger partial charge >= 0.3 is 0 Å². The second kappa shape index (κ2) is 12.0. The van der Waals surface area contributed by atoms with Crippen LogP contribution >= 0.6 is 11.8 Å². The number of carbonyl (C=O) groups excluding carboxylic acids is 1. The average Bonchev–Trinajstić information content (AvgIpc) is 3.28. The van der Waals surface area contributed by atoms with E-state index in [2.05, 4.69) is 11.9 Å². The smallest absolute Gasteiger partial charge is 0.225 e. The zero-order valence-electron chi connectivity index (χ0n) is 21.4. The zero-order valence-corrected chi connectivity index (χ0v) is 22.2. The maximum absolute atomic E-state index is 12.5. The van der Waals surface area contributed by atoms with Crippen molar-refractivity contribution in [3.63, 3.8) is 0 Å². The van der Waals surface area contributed by atoms with Crippen LogP contribution in [-0.2, 0) is 4.79 Å². The quantitative estimate of drug-likeness (QED) is 0.359. The summed E-state index contributed by atoms with van der Waals surface area (Å²) in [6, 6.07) is 12.7. The van der Waals surface area contributed by atoms with Crippen LogP contribution in [0.1, 0.15) is 62.8 Å². The number of hydrogen-bond acceptors (Lipinski definition) is 6. The summed E-state index contributed by atoms with van der Waals surface area (Å²) in [5.74, 6) is 1.87. The summed E-state index contributed by atoms with van der Waals surface area (Å²) in [5.41, 5.74) is 1.88. The van der Waals surface area contributed by atoms with Gasteiger partial charge in [0.25, 0.3) is 0 Å². The number of fused-ring (bicyclic) bond motifs is 1. The van der Waals surface area contributed by atoms with Crippen molar-refractivity contribution in [1.29, 1.82) is 0 Å². The van der Waals surface area contributed by atoms with Crippen molar-refractivity contribution in [2.75, 3.05) is 39.3 Å². The molecule has 0 aromatic heterocycles. The van der Waals surface area contributed by atoms with Crippen LogP contribution in [0.4, 0.5) is 5.69 Å². The van der Waals surface area contributed by atoms with Gasteiger partial charge in [-0.1, -0.05) is 43.2 Å². The van der Waals surface area contributed by atoms with Gasteiger partial charge in [-0.25, -0.2) is 0 Å². The second-order valence-corrected chi connectivity index (χ2v) is 10.5. The highest BCUT2D eigenvalue weighted by Gasteiger charge is 2.35. The fraction of sp³-hybridized carbons (Fsp3) is 0.536. The summed E-state index contributed by atoms with van der Waals surface area (Å²) in [5, 5.41) is -0.183. The first kappa shape index (κ1) is 25.7. The largest absolute Gasteiger partial charge is 0.493 e. The minimum atomic E-state index is -0.183. The number of thioether (sulfide) groups is 1. The number of hydrogen-bond donors (Lipinski definition) is 0. The van der Waals surface area contributed by atoms with Gasteiger partial charge in [-0.2, -0.15) is 0 Å². The van der Waals surface area contributed by atoms with Crippen molar-refractivity contribution < 1.29 is 19.0 Å². The highest BCUT2D eigenvalue weighted by atomic mass is 32.2. The first-order valence-electron chi connectivity index (χ1n) is 12.7. The molecule has 1 atom stereocenters. The lowest BCUT2D eigenvalue weighted by molar-refractivity contribution is -0.116. The van der Waals surface area contributed by atoms with Gasteiger partial charge < -0.3 is 19.1 Å². The number of amides is 1. The summed E-state index contributed by atoms with van der Waals surface area (Å²) in [7, 11) is 5.54. The van der Waals surface area contributed by atoms with Crippen LogP contribution in [0, 0.1) is 0 Å². The van der Waals surface area contributed by atoms with Crippen molar-refractivity contribution in [2.45, 2.75) is 68.2 Å². The van der Waals surface area contributed by atoms with E-state index in [-0.39, 0.29) is 11.3 Å². The predicted molar refractivity (Wildman–Crippen MR) is 142 cm³/mol. The molecule has 0 N–H and O–H groups in total. The summed E-state index contributed by atoms with van der Waals surface area (Å²) >= 11 is 1.66. The standard InChI is InChI=1S/C28H38N2O4S/c1-20(31)30-23-14-8-9-15-26(23)35-28(30)21-18-24(32-3)27(25(19-21)33-4)34-17-11-10-16-29(2)22-12-6-5-7-13-22/h8-9,14-15,18-19,22,28H,5-7,10-13,16-17H2,1-4H3. The van der Waals surface area contributed by atoms with Gasteiger partial charge in [0.05, 0.1) is 26.5 Å². The molecule has 0 radical (unpaired) electrons. The first-order valence-corrected chi connectivity index (χ1v) is 13.6. The molecule has 0 bridgehead atoms. The van der Waals surface area contributed by atoms with E-state index in [0.717, 1.165) is 41.6 Å². The van der Waals surface area contributed by atoms with Crippen LogP contribution in [0.3, 0.4) is 0 Å². The van der Waals surface area contributed by atoms with Gasteiger partial charge in [0.1, 0.15) is 5.37 Å². The van der Waals surface area contributed by atoms with Crippen LogP contribution in [0.15, 0.2) is 41.3 Å². The number of unbranched alkanes of at least 4 members (excludes halogenated alkanes) is 1. The Morgan fingerprint density at radius 2 is 1.74 bits per heavy atom. The lowest BCUT2D eigenvalue weighted by Gasteiger charge is -2.31. The molecule has 2 aliphatic rings. The van der Waals surface area contributed by atoms with Crippen molar-refractivity contribution in [3.05, 3.63) is 42.0 Å². The van der Waals surface area contributed by atoms with E-state index >= 15 is 0 Å². The minimum absolute atomic E-state index is 0.00362. The molecule has 0 saturated heterocycles. The molecule has 7 heteroatoms. The van der Waals surface area contributed by atoms with Crippen LogP contribution in [0.2, 0.25) is 0 Å². The number of methoxy groups -OCH3 is 2. The maximum Gasteiger partial charge on any atom is 0.225 e. The Bertz CT molecular complexity index is 983. The van der Waals surface area contributed by atoms with Crippen LogP contribution in [0.5, 0.6) is 17.2 Å². The van der Waals surface area contributed by atoms with Crippen molar-refractivity contribution in [1.82, 2.24) is 4.90 Å². The molecule has 2 aromatic carbocycles. The van der Waals surface area contributed by atoms with Gasteiger partial charge in [0, 0.05) is 17.9 Å². The predicted octanol–water partition coefficient (Wildman–Crippen LogP) is 6.28. The van der Waals surface area contributed by atoms with Crippen LogP contribution in [0.25, 0.3) is 0 Å². The highest BCUT2D eigenvalue weighted by Crippen LogP contribution is 2.53. The molecule has 1 amide bonds. The van der Waals surface area contributed by atoms with E-state index in [1.54, 1.807) is 32.9 Å². The van der Waals surface area contributed by atoms with E-state index in [4.69, 9.17) is 14.2 Å². The number of carbonyl (C=O) groups is 1. The number of benzene rings is 2. The molecule has 6 nitrogen and oxygen atoms in total. The summed E-state index contributed by atoms with van der Waals surface area (Å²) in [4.78, 5) is 18.0. The molecule has 35 heavy (non-hydrogen) atoms. The topological polar surface area (TPSA) is 51.2 Å². The molecular formula is C28H38N2O4S. The van der Waals surface area contributed by atoms with Gasteiger partial charge in [-0.15, -0.1) is 0 Å². The van der Waals surface area contributed by atoms with Crippen molar-refractivity contribution >= 4 is 23.4 Å². The summed E-state index contributed by atoms with van der Waals surface area (Å²) < 4.78 is 17.6. The Balaban J connectivity index is 1.42. The summed E-state index contributed by atoms with van der Waals surface area (Å²) in [6.07, 6.45) is 8.85. The second-order valence-electron chi connectivity index (χ2n) is 9.41. The van der Waals surface area contributed by atoms with Gasteiger partial charge in [-0.3, -0.25) is 9.69 Å². The van der Waals surface area contributed by atoms with Crippen LogP contribution in [-0.4, -0.2) is 51.3 Å². The third-order valence-electron chi connectivity index (χ3n) is 7.05. The number of rotatable bonds is 10. The number of para-hydroxylation sites is 1. The molecule has 1 heterocycles. The molecule has 1 saturated carbocycles. The van der Waals surface area contributed by atoms with Gasteiger partial charge in [0.2, 0.25) is 11.7 Å². The normalized spacial score (nSPS) is 18.0. The Hall–Kier alpha value is -2.38. The third-order valence-corrected chi connectivity index (χ3v) is 8.36. The molecule has 190 valence electrons. The molecule has 4 rings (SSSR count). The molecule has 2 aromatic rings. The van der Waals surface area contributed by atoms with Crippen LogP contribution < -0.4 is 19.1 Å². The Morgan fingerprint density at radius 3 is 2.40 bits per heavy atom. The Morgan fingerprint density at radius 1 is 1.06 bits per heavy atom. The number of anilines is 1. The van der Waals surface area contributed by atoms with Crippen molar-refractivity contribution in [3.8, 4) is 17.2 Å². The van der Waals surface area contributed by atoms with Crippen molar-refractivity contribution in [2.24, 2.45) is 0 Å². The van der Waals surface area contributed by atoms with E-state index in [0.29, 0.717) is 23.9 Å². The summed E-state index contributed by atoms with van der Waals surface area (Å²) in [6.45, 7) is 3.31. The monoisotopic (exact) mass is 498 g/mol. The number of ether oxygens (including phenoxy) is 3. The maximum atomic E-state index is 12.5. The van der Waals surface area contributed by atoms with E-state index in [1.807, 2.05) is 41.3 Å². The van der Waals surface area contributed by atoms with E-state index in [9.17, 15) is 4.79 Å². The average molecular weight is 499 g/mol. The molecule has 1 unspecified atom stereocenters. The lowest BCUT2D eigenvalue weighted by Crippen LogP contribution is -2.34. The minimum Gasteiger partial charge on any atom is -0.493 e. The Labute approximate surface area is 213 Å². The molecule has 1 fully saturated rings. The van der Waals surface area contributed by atoms with E-state index < -0.39 is 0 Å². The SMILES string of the molecule is COc1cc(C2Sc3ccccc3N2C(C)=O)cc(OC)c1OCCCCN(C)C1CCCCC1. The lowest BCUT2D eigenvalue weighted by atomic mass is 9.94. The number of nitrogens with zero attached hydrogens (tertiary/aromatic N) is 2. The van der Waals surface area contributed by atoms with Gasteiger partial charge in [0.15, 0.2) is 11.5 Å². The molecule has 1 aliphatic carbocycles. The van der Waals surface area contributed by atoms with E-state index in [1.165, 1.54) is 32.1 Å². The fourth-order valence-electron chi connectivity index (χ4n) is 5.13. The highest BCUT2D eigenvalue weighted by molar-refractivity contribution is 8.00. The zero-order chi connectivity index (χ0) is 24.8. The first-order chi connectivity index (χ1) is 17.0. The molecule has 1 aliphatic heterocycles. The Kier molecular flexibility index (Phi) is 8.84. The third kappa shape index (κ3) is 5.89. The fourth-order valence-corrected chi connectivity index (χ4v) is 6.46.